The highest BCUT2D eigenvalue weighted by atomic mass is 16.5. The molecule has 1 fully saturated rings. The number of amides is 1. The number of piperazine rings is 1. The zero-order valence-electron chi connectivity index (χ0n) is 17.9. The van der Waals surface area contributed by atoms with Gasteiger partial charge in [0.2, 0.25) is 17.5 Å². The number of carbonyl (C=O) groups is 1. The first-order valence-corrected chi connectivity index (χ1v) is 10.6. The molecule has 3 aromatic rings. The smallest absolute Gasteiger partial charge is 0.253 e. The van der Waals surface area contributed by atoms with Gasteiger partial charge in [-0.25, -0.2) is 0 Å². The molecule has 7 heteroatoms. The highest BCUT2D eigenvalue weighted by Gasteiger charge is 2.26. The first-order chi connectivity index (χ1) is 15.7. The van der Waals surface area contributed by atoms with E-state index in [0.717, 1.165) is 11.3 Å². The van der Waals surface area contributed by atoms with Crippen molar-refractivity contribution in [1.29, 1.82) is 5.26 Å². The molecule has 1 aliphatic rings. The summed E-state index contributed by atoms with van der Waals surface area (Å²) in [5, 5.41) is 9.52. The topological polar surface area (TPSA) is 82.6 Å². The van der Waals surface area contributed by atoms with Crippen molar-refractivity contribution in [3.8, 4) is 11.8 Å². The lowest BCUT2D eigenvalue weighted by Crippen LogP contribution is -2.48. The molecule has 0 radical (unpaired) electrons. The fourth-order valence-electron chi connectivity index (χ4n) is 3.57. The second-order valence-electron chi connectivity index (χ2n) is 7.30. The molecule has 0 saturated carbocycles. The zero-order valence-corrected chi connectivity index (χ0v) is 17.9. The Morgan fingerprint density at radius 1 is 1.09 bits per heavy atom. The average molecular weight is 428 g/mol. The van der Waals surface area contributed by atoms with Crippen LogP contribution < -0.4 is 9.64 Å². The largest absolute Gasteiger partial charge is 0.494 e. The number of anilines is 1. The van der Waals surface area contributed by atoms with Crippen LogP contribution in [0.2, 0.25) is 0 Å². The predicted octanol–water partition coefficient (Wildman–Crippen LogP) is 4.08. The van der Waals surface area contributed by atoms with Crippen molar-refractivity contribution in [2.75, 3.05) is 37.7 Å². The lowest BCUT2D eigenvalue weighted by Gasteiger charge is -2.34. The lowest BCUT2D eigenvalue weighted by atomic mass is 10.2. The first kappa shape index (κ1) is 21.2. The van der Waals surface area contributed by atoms with Crippen LogP contribution in [0.25, 0.3) is 12.2 Å². The summed E-state index contributed by atoms with van der Waals surface area (Å²) in [4.78, 5) is 20.7. The molecule has 2 aromatic carbocycles. The van der Waals surface area contributed by atoms with Gasteiger partial charge in [0.15, 0.2) is 0 Å². The second-order valence-corrected chi connectivity index (χ2v) is 7.30. The number of aromatic nitrogens is 1. The number of rotatable bonds is 6. The van der Waals surface area contributed by atoms with Gasteiger partial charge in [0.05, 0.1) is 6.61 Å². The van der Waals surface area contributed by atoms with E-state index in [2.05, 4.69) is 11.1 Å². The Kier molecular flexibility index (Phi) is 6.52. The molecule has 1 aliphatic heterocycles. The highest BCUT2D eigenvalue weighted by molar-refractivity contribution is 5.94. The van der Waals surface area contributed by atoms with Crippen LogP contribution in [0.5, 0.6) is 5.75 Å². The summed E-state index contributed by atoms with van der Waals surface area (Å²) in [5.74, 6) is 1.65. The van der Waals surface area contributed by atoms with E-state index in [4.69, 9.17) is 9.15 Å². The lowest BCUT2D eigenvalue weighted by molar-refractivity contribution is 0.0745. The van der Waals surface area contributed by atoms with Crippen LogP contribution in [0, 0.1) is 11.3 Å². The SMILES string of the molecule is CCOc1ccc(C=Cc2nc(C#N)c(N3CCN(C(=O)c4ccccc4)CC3)o2)cc1. The van der Waals surface area contributed by atoms with E-state index in [1.165, 1.54) is 0 Å². The van der Waals surface area contributed by atoms with Gasteiger partial charge in [-0.15, -0.1) is 0 Å². The molecule has 2 heterocycles. The van der Waals surface area contributed by atoms with E-state index in [0.29, 0.717) is 50.1 Å². The molecule has 0 atom stereocenters. The first-order valence-electron chi connectivity index (χ1n) is 10.6. The summed E-state index contributed by atoms with van der Waals surface area (Å²) in [6, 6.07) is 19.1. The molecule has 1 aromatic heterocycles. The number of benzene rings is 2. The van der Waals surface area contributed by atoms with Crippen LogP contribution in [-0.2, 0) is 0 Å². The van der Waals surface area contributed by atoms with E-state index in [1.54, 1.807) is 6.08 Å². The summed E-state index contributed by atoms with van der Waals surface area (Å²) in [5.41, 5.74) is 1.90. The molecule has 1 amide bonds. The van der Waals surface area contributed by atoms with E-state index in [1.807, 2.05) is 77.4 Å². The standard InChI is InChI=1S/C25H24N4O3/c1-2-31-21-11-8-19(9-12-21)10-13-23-27-22(18-26)25(32-23)29-16-14-28(15-17-29)24(30)20-6-4-3-5-7-20/h3-13H,2,14-17H2,1H3. The Morgan fingerprint density at radius 2 is 1.81 bits per heavy atom. The molecule has 1 saturated heterocycles. The third kappa shape index (κ3) is 4.81. The maximum Gasteiger partial charge on any atom is 0.253 e. The number of hydrogen-bond acceptors (Lipinski definition) is 6. The quantitative estimate of drug-likeness (QED) is 0.588. The van der Waals surface area contributed by atoms with E-state index >= 15 is 0 Å². The van der Waals surface area contributed by atoms with Crippen LogP contribution in [0.3, 0.4) is 0 Å². The minimum absolute atomic E-state index is 0.0160. The number of ether oxygens (including phenoxy) is 1. The van der Waals surface area contributed by atoms with E-state index in [-0.39, 0.29) is 11.6 Å². The second kappa shape index (κ2) is 9.84. The highest BCUT2D eigenvalue weighted by Crippen LogP contribution is 2.25. The minimum Gasteiger partial charge on any atom is -0.494 e. The van der Waals surface area contributed by atoms with Gasteiger partial charge >= 0.3 is 0 Å². The molecule has 4 rings (SSSR count). The fraction of sp³-hybridized carbons (Fsp3) is 0.240. The van der Waals surface area contributed by atoms with Crippen LogP contribution >= 0.6 is 0 Å². The van der Waals surface area contributed by atoms with Gasteiger partial charge in [0, 0.05) is 37.8 Å². The van der Waals surface area contributed by atoms with E-state index in [9.17, 15) is 10.1 Å². The monoisotopic (exact) mass is 428 g/mol. The Hall–Kier alpha value is -4.05. The Labute approximate surface area is 187 Å². The van der Waals surface area contributed by atoms with Gasteiger partial charge < -0.3 is 19.0 Å². The molecule has 7 nitrogen and oxygen atoms in total. The van der Waals surface area contributed by atoms with Gasteiger partial charge in [-0.05, 0) is 42.8 Å². The number of hydrogen-bond donors (Lipinski definition) is 0. The number of nitriles is 1. The van der Waals surface area contributed by atoms with Gasteiger partial charge in [-0.1, -0.05) is 30.3 Å². The molecule has 0 bridgehead atoms. The zero-order chi connectivity index (χ0) is 22.3. The maximum atomic E-state index is 12.6. The number of nitrogens with zero attached hydrogens (tertiary/aromatic N) is 4. The molecule has 0 unspecified atom stereocenters. The van der Waals surface area contributed by atoms with Crippen molar-refractivity contribution in [3.63, 3.8) is 0 Å². The van der Waals surface area contributed by atoms with Crippen molar-refractivity contribution >= 4 is 23.9 Å². The fourth-order valence-corrected chi connectivity index (χ4v) is 3.57. The third-order valence-corrected chi connectivity index (χ3v) is 5.22. The maximum absolute atomic E-state index is 12.6. The van der Waals surface area contributed by atoms with Crippen molar-refractivity contribution in [2.24, 2.45) is 0 Å². The Morgan fingerprint density at radius 3 is 2.47 bits per heavy atom. The minimum atomic E-state index is 0.0160. The normalized spacial score (nSPS) is 13.9. The molecular formula is C25H24N4O3. The molecule has 32 heavy (non-hydrogen) atoms. The Bertz CT molecular complexity index is 1120. The van der Waals surface area contributed by atoms with Crippen LogP contribution in [0.1, 0.15) is 34.4 Å². The van der Waals surface area contributed by atoms with Crippen molar-refractivity contribution in [2.45, 2.75) is 6.92 Å². The van der Waals surface area contributed by atoms with Crippen molar-refractivity contribution in [1.82, 2.24) is 9.88 Å². The number of carbonyl (C=O) groups excluding carboxylic acids is 1. The third-order valence-electron chi connectivity index (χ3n) is 5.22. The van der Waals surface area contributed by atoms with Gasteiger partial charge in [0.1, 0.15) is 11.8 Å². The Balaban J connectivity index is 1.41. The summed E-state index contributed by atoms with van der Waals surface area (Å²) in [6.45, 7) is 4.82. The molecule has 0 N–H and O–H groups in total. The summed E-state index contributed by atoms with van der Waals surface area (Å²) >= 11 is 0. The van der Waals surface area contributed by atoms with Gasteiger partial charge in [0.25, 0.3) is 5.91 Å². The summed E-state index contributed by atoms with van der Waals surface area (Å²) < 4.78 is 11.3. The average Bonchev–Trinajstić information content (AvgIpc) is 3.27. The number of oxazole rings is 1. The van der Waals surface area contributed by atoms with Crippen LogP contribution in [0.4, 0.5) is 5.88 Å². The summed E-state index contributed by atoms with van der Waals surface area (Å²) in [6.07, 6.45) is 3.62. The van der Waals surface area contributed by atoms with Gasteiger partial charge in [-0.3, -0.25) is 4.79 Å². The molecule has 0 spiro atoms. The summed E-state index contributed by atoms with van der Waals surface area (Å²) in [7, 11) is 0. The predicted molar refractivity (Wildman–Crippen MR) is 122 cm³/mol. The van der Waals surface area contributed by atoms with Gasteiger partial charge in [-0.2, -0.15) is 10.2 Å². The van der Waals surface area contributed by atoms with Crippen LogP contribution in [0.15, 0.2) is 59.0 Å². The van der Waals surface area contributed by atoms with Crippen molar-refractivity contribution in [3.05, 3.63) is 77.3 Å². The molecule has 162 valence electrons. The molecule has 0 aliphatic carbocycles. The molecular weight excluding hydrogens is 404 g/mol. The van der Waals surface area contributed by atoms with Crippen molar-refractivity contribution < 1.29 is 13.9 Å². The van der Waals surface area contributed by atoms with E-state index < -0.39 is 0 Å². The van der Waals surface area contributed by atoms with Crippen LogP contribution in [-0.4, -0.2) is 48.6 Å².